The Kier molecular flexibility index (Phi) is 3.92. The van der Waals surface area contributed by atoms with Crippen LogP contribution >= 0.6 is 0 Å². The molecule has 0 aliphatic rings. The van der Waals surface area contributed by atoms with Gasteiger partial charge < -0.3 is 27.0 Å². The first-order chi connectivity index (χ1) is 7.56. The van der Waals surface area contributed by atoms with Gasteiger partial charge in [0.05, 0.1) is 24.4 Å². The van der Waals surface area contributed by atoms with Crippen LogP contribution in [0.3, 0.4) is 0 Å². The number of aliphatic hydroxyl groups is 2. The monoisotopic (exact) mass is 226 g/mol. The van der Waals surface area contributed by atoms with Gasteiger partial charge >= 0.3 is 0 Å². The lowest BCUT2D eigenvalue weighted by molar-refractivity contribution is 0.132. The zero-order valence-electron chi connectivity index (χ0n) is 9.27. The molecule has 6 heteroatoms. The Hall–Kier alpha value is -1.53. The van der Waals surface area contributed by atoms with Gasteiger partial charge in [-0.25, -0.2) is 4.98 Å². The SMILES string of the molecule is CCC(CO)(CO)Nc1ccc(N)c(N)n1. The number of anilines is 3. The van der Waals surface area contributed by atoms with Crippen LogP contribution in [-0.2, 0) is 0 Å². The summed E-state index contributed by atoms with van der Waals surface area (Å²) in [5.41, 5.74) is 10.7. The third kappa shape index (κ3) is 2.53. The molecular weight excluding hydrogens is 208 g/mol. The second-order valence-corrected chi connectivity index (χ2v) is 3.75. The first-order valence-electron chi connectivity index (χ1n) is 5.09. The van der Waals surface area contributed by atoms with Crippen molar-refractivity contribution in [3.05, 3.63) is 12.1 Å². The van der Waals surface area contributed by atoms with Crippen LogP contribution in [0.4, 0.5) is 17.3 Å². The van der Waals surface area contributed by atoms with E-state index in [1.807, 2.05) is 6.92 Å². The Morgan fingerprint density at radius 2 is 1.94 bits per heavy atom. The van der Waals surface area contributed by atoms with Crippen molar-refractivity contribution in [1.82, 2.24) is 4.98 Å². The van der Waals surface area contributed by atoms with Crippen LogP contribution in [0.1, 0.15) is 13.3 Å². The van der Waals surface area contributed by atoms with E-state index < -0.39 is 5.54 Å². The molecule has 0 aliphatic heterocycles. The van der Waals surface area contributed by atoms with Crippen molar-refractivity contribution in [2.24, 2.45) is 0 Å². The Balaban J connectivity index is 2.89. The number of nitrogens with two attached hydrogens (primary N) is 2. The summed E-state index contributed by atoms with van der Waals surface area (Å²) in [5, 5.41) is 21.5. The first-order valence-corrected chi connectivity index (χ1v) is 5.09. The standard InChI is InChI=1S/C10H18N4O2/c1-2-10(5-15,6-16)14-8-4-3-7(11)9(12)13-8/h3-4,15-16H,2,5-6,11H2,1H3,(H3,12,13,14). The first kappa shape index (κ1) is 12.5. The van der Waals surface area contributed by atoms with Crippen LogP contribution in [-0.4, -0.2) is 33.9 Å². The molecule has 0 saturated carbocycles. The van der Waals surface area contributed by atoms with Gasteiger partial charge in [-0.2, -0.15) is 0 Å². The van der Waals surface area contributed by atoms with Crippen LogP contribution in [0.5, 0.6) is 0 Å². The van der Waals surface area contributed by atoms with Gasteiger partial charge in [-0.05, 0) is 18.6 Å². The van der Waals surface area contributed by atoms with E-state index in [-0.39, 0.29) is 19.0 Å². The van der Waals surface area contributed by atoms with E-state index in [0.717, 1.165) is 0 Å². The molecule has 0 aliphatic carbocycles. The normalized spacial score (nSPS) is 11.4. The molecule has 6 nitrogen and oxygen atoms in total. The average molecular weight is 226 g/mol. The average Bonchev–Trinajstić information content (AvgIpc) is 2.31. The minimum absolute atomic E-state index is 0.189. The van der Waals surface area contributed by atoms with Gasteiger partial charge in [-0.15, -0.1) is 0 Å². The molecular formula is C10H18N4O2. The van der Waals surface area contributed by atoms with Crippen molar-refractivity contribution in [1.29, 1.82) is 0 Å². The van der Waals surface area contributed by atoms with Crippen molar-refractivity contribution in [2.75, 3.05) is 30.0 Å². The topological polar surface area (TPSA) is 117 Å². The molecule has 0 fully saturated rings. The lowest BCUT2D eigenvalue weighted by Gasteiger charge is -2.30. The molecule has 1 heterocycles. The van der Waals surface area contributed by atoms with Gasteiger partial charge in [0.25, 0.3) is 0 Å². The Morgan fingerprint density at radius 3 is 2.38 bits per heavy atom. The number of rotatable bonds is 5. The minimum Gasteiger partial charge on any atom is -0.396 e. The molecule has 1 aromatic heterocycles. The van der Waals surface area contributed by atoms with E-state index >= 15 is 0 Å². The number of aliphatic hydroxyl groups excluding tert-OH is 2. The summed E-state index contributed by atoms with van der Waals surface area (Å²) in [5.74, 6) is 0.711. The molecule has 0 radical (unpaired) electrons. The number of nitrogens with one attached hydrogen (secondary N) is 1. The largest absolute Gasteiger partial charge is 0.396 e. The third-order valence-electron chi connectivity index (χ3n) is 2.63. The predicted molar refractivity (Wildman–Crippen MR) is 63.9 cm³/mol. The molecule has 90 valence electrons. The highest BCUT2D eigenvalue weighted by Crippen LogP contribution is 2.20. The molecule has 1 rings (SSSR count). The summed E-state index contributed by atoms with van der Waals surface area (Å²) in [6, 6.07) is 3.28. The van der Waals surface area contributed by atoms with Crippen molar-refractivity contribution in [3.63, 3.8) is 0 Å². The second kappa shape index (κ2) is 5.00. The zero-order chi connectivity index (χ0) is 12.2. The Labute approximate surface area is 94.3 Å². The molecule has 7 N–H and O–H groups in total. The summed E-state index contributed by atoms with van der Waals surface area (Å²) in [7, 11) is 0. The summed E-state index contributed by atoms with van der Waals surface area (Å²) < 4.78 is 0. The van der Waals surface area contributed by atoms with E-state index in [2.05, 4.69) is 10.3 Å². The van der Waals surface area contributed by atoms with Crippen LogP contribution in [0.2, 0.25) is 0 Å². The lowest BCUT2D eigenvalue weighted by atomic mass is 9.98. The number of pyridine rings is 1. The molecule has 0 unspecified atom stereocenters. The van der Waals surface area contributed by atoms with Gasteiger partial charge in [0, 0.05) is 0 Å². The lowest BCUT2D eigenvalue weighted by Crippen LogP contribution is -2.45. The highest BCUT2D eigenvalue weighted by molar-refractivity contribution is 5.62. The molecule has 0 saturated heterocycles. The summed E-state index contributed by atoms with van der Waals surface area (Å²) in [6.45, 7) is 1.48. The van der Waals surface area contributed by atoms with Crippen molar-refractivity contribution in [2.45, 2.75) is 18.9 Å². The zero-order valence-corrected chi connectivity index (χ0v) is 9.27. The van der Waals surface area contributed by atoms with Gasteiger partial charge in [0.2, 0.25) is 0 Å². The number of nitrogens with zero attached hydrogens (tertiary/aromatic N) is 1. The molecule has 0 spiro atoms. The second-order valence-electron chi connectivity index (χ2n) is 3.75. The molecule has 16 heavy (non-hydrogen) atoms. The van der Waals surface area contributed by atoms with E-state index in [0.29, 0.717) is 17.9 Å². The third-order valence-corrected chi connectivity index (χ3v) is 2.63. The van der Waals surface area contributed by atoms with Crippen molar-refractivity contribution < 1.29 is 10.2 Å². The fourth-order valence-corrected chi connectivity index (χ4v) is 1.27. The summed E-state index contributed by atoms with van der Waals surface area (Å²) in [4.78, 5) is 4.02. The maximum atomic E-state index is 9.26. The van der Waals surface area contributed by atoms with Crippen LogP contribution in [0.25, 0.3) is 0 Å². The van der Waals surface area contributed by atoms with Crippen molar-refractivity contribution >= 4 is 17.3 Å². The smallest absolute Gasteiger partial charge is 0.149 e. The maximum Gasteiger partial charge on any atom is 0.149 e. The molecule has 0 atom stereocenters. The van der Waals surface area contributed by atoms with Crippen LogP contribution in [0, 0.1) is 0 Å². The predicted octanol–water partition coefficient (Wildman–Crippen LogP) is -0.209. The summed E-state index contributed by atoms with van der Waals surface area (Å²) >= 11 is 0. The van der Waals surface area contributed by atoms with Gasteiger partial charge in [-0.3, -0.25) is 0 Å². The number of nitrogen functional groups attached to an aromatic ring is 2. The van der Waals surface area contributed by atoms with Crippen molar-refractivity contribution in [3.8, 4) is 0 Å². The molecule has 0 aromatic carbocycles. The highest BCUT2D eigenvalue weighted by atomic mass is 16.3. The maximum absolute atomic E-state index is 9.26. The minimum atomic E-state index is -0.782. The molecule has 1 aromatic rings. The molecule has 0 bridgehead atoms. The van der Waals surface area contributed by atoms with Crippen LogP contribution < -0.4 is 16.8 Å². The Morgan fingerprint density at radius 1 is 1.31 bits per heavy atom. The molecule has 0 amide bonds. The van der Waals surface area contributed by atoms with E-state index in [1.165, 1.54) is 0 Å². The number of aromatic nitrogens is 1. The fourth-order valence-electron chi connectivity index (χ4n) is 1.27. The van der Waals surface area contributed by atoms with E-state index in [9.17, 15) is 10.2 Å². The summed E-state index contributed by atoms with van der Waals surface area (Å²) in [6.07, 6.45) is 0.561. The highest BCUT2D eigenvalue weighted by Gasteiger charge is 2.26. The number of hydrogen-bond donors (Lipinski definition) is 5. The quantitative estimate of drug-likeness (QED) is 0.474. The van der Waals surface area contributed by atoms with E-state index in [1.54, 1.807) is 12.1 Å². The number of hydrogen-bond acceptors (Lipinski definition) is 6. The van der Waals surface area contributed by atoms with Gasteiger partial charge in [0.15, 0.2) is 0 Å². The van der Waals surface area contributed by atoms with Crippen LogP contribution in [0.15, 0.2) is 12.1 Å². The Bertz CT molecular complexity index is 344. The van der Waals surface area contributed by atoms with E-state index in [4.69, 9.17) is 11.5 Å². The van der Waals surface area contributed by atoms with Gasteiger partial charge in [-0.1, -0.05) is 6.92 Å². The fraction of sp³-hybridized carbons (Fsp3) is 0.500. The van der Waals surface area contributed by atoms with Gasteiger partial charge in [0.1, 0.15) is 11.6 Å².